The van der Waals surface area contributed by atoms with Gasteiger partial charge in [0.05, 0.1) is 0 Å². The van der Waals surface area contributed by atoms with Gasteiger partial charge in [-0.3, -0.25) is 0 Å². The first-order valence-electron chi connectivity index (χ1n) is 6.08. The summed E-state index contributed by atoms with van der Waals surface area (Å²) in [6.45, 7) is 1.91. The lowest BCUT2D eigenvalue weighted by atomic mass is 10.2. The quantitative estimate of drug-likeness (QED) is 0.535. The highest BCUT2D eigenvalue weighted by molar-refractivity contribution is 9.13. The van der Waals surface area contributed by atoms with Crippen molar-refractivity contribution < 1.29 is 0 Å². The summed E-state index contributed by atoms with van der Waals surface area (Å²) >= 11 is 8.88. The first kappa shape index (κ1) is 15.1. The zero-order valence-electron chi connectivity index (χ0n) is 10.4. The second kappa shape index (κ2) is 8.10. The molecule has 0 spiro atoms. The molecule has 0 atom stereocenters. The molecule has 19 heavy (non-hydrogen) atoms. The number of benzene rings is 2. The highest BCUT2D eigenvalue weighted by Crippen LogP contribution is 2.23. The van der Waals surface area contributed by atoms with Gasteiger partial charge in [-0.05, 0) is 61.7 Å². The Hall–Kier alpha value is -0.290. The molecule has 0 amide bonds. The van der Waals surface area contributed by atoms with E-state index in [1.54, 1.807) is 0 Å². The first-order chi connectivity index (χ1) is 9.25. The normalized spacial score (nSPS) is 10.6. The van der Waals surface area contributed by atoms with Crippen LogP contribution in [0.15, 0.2) is 62.4 Å². The van der Waals surface area contributed by atoms with E-state index in [2.05, 4.69) is 79.6 Å². The van der Waals surface area contributed by atoms with Gasteiger partial charge in [-0.15, -0.1) is 11.8 Å². The molecule has 100 valence electrons. The molecule has 0 saturated heterocycles. The summed E-state index contributed by atoms with van der Waals surface area (Å²) in [5.74, 6) is 1.09. The Balaban J connectivity index is 1.68. The van der Waals surface area contributed by atoms with E-state index in [1.165, 1.54) is 10.5 Å². The smallest absolute Gasteiger partial charge is 0.0320 e. The molecule has 0 bridgehead atoms. The zero-order chi connectivity index (χ0) is 13.5. The van der Waals surface area contributed by atoms with Crippen molar-refractivity contribution in [2.24, 2.45) is 0 Å². The number of rotatable bonds is 6. The summed E-state index contributed by atoms with van der Waals surface area (Å²) in [6.07, 6.45) is 0. The maximum Gasteiger partial charge on any atom is 0.0320 e. The predicted octanol–water partition coefficient (Wildman–Crippen LogP) is 5.09. The van der Waals surface area contributed by atoms with Crippen molar-refractivity contribution in [2.75, 3.05) is 12.3 Å². The van der Waals surface area contributed by atoms with E-state index in [0.717, 1.165) is 27.8 Å². The molecule has 2 aromatic rings. The van der Waals surface area contributed by atoms with E-state index in [4.69, 9.17) is 0 Å². The Morgan fingerprint density at radius 3 is 2.47 bits per heavy atom. The lowest BCUT2D eigenvalue weighted by Gasteiger charge is -2.06. The number of hydrogen-bond acceptors (Lipinski definition) is 2. The number of nitrogens with one attached hydrogen (secondary N) is 1. The Labute approximate surface area is 135 Å². The maximum absolute atomic E-state index is 3.52. The molecule has 0 saturated carbocycles. The predicted molar refractivity (Wildman–Crippen MR) is 90.7 cm³/mol. The molecule has 0 fully saturated rings. The van der Waals surface area contributed by atoms with Gasteiger partial charge in [0, 0.05) is 32.7 Å². The summed E-state index contributed by atoms with van der Waals surface area (Å²) in [7, 11) is 0. The van der Waals surface area contributed by atoms with Crippen LogP contribution in [-0.2, 0) is 6.54 Å². The van der Waals surface area contributed by atoms with E-state index < -0.39 is 0 Å². The van der Waals surface area contributed by atoms with Gasteiger partial charge in [-0.25, -0.2) is 0 Å². The monoisotopic (exact) mass is 399 g/mol. The van der Waals surface area contributed by atoms with Gasteiger partial charge >= 0.3 is 0 Å². The van der Waals surface area contributed by atoms with Crippen LogP contribution in [0.2, 0.25) is 0 Å². The number of thioether (sulfide) groups is 1. The fraction of sp³-hybridized carbons (Fsp3) is 0.200. The molecule has 0 heterocycles. The minimum Gasteiger partial charge on any atom is -0.312 e. The van der Waals surface area contributed by atoms with Crippen LogP contribution in [0.1, 0.15) is 5.56 Å². The van der Waals surface area contributed by atoms with Crippen LogP contribution in [0, 0.1) is 0 Å². The van der Waals surface area contributed by atoms with Crippen molar-refractivity contribution >= 4 is 43.6 Å². The Bertz CT molecular complexity index is 517. The van der Waals surface area contributed by atoms with Gasteiger partial charge in [0.2, 0.25) is 0 Å². The van der Waals surface area contributed by atoms with E-state index in [1.807, 2.05) is 17.8 Å². The summed E-state index contributed by atoms with van der Waals surface area (Å²) in [4.78, 5) is 1.33. The van der Waals surface area contributed by atoms with E-state index in [9.17, 15) is 0 Å². The molecule has 2 rings (SSSR count). The van der Waals surface area contributed by atoms with Crippen molar-refractivity contribution in [3.8, 4) is 0 Å². The topological polar surface area (TPSA) is 12.0 Å². The second-order valence-electron chi connectivity index (χ2n) is 4.09. The number of halogens is 2. The van der Waals surface area contributed by atoms with Crippen LogP contribution >= 0.6 is 43.6 Å². The third-order valence-electron chi connectivity index (χ3n) is 2.60. The summed E-state index contributed by atoms with van der Waals surface area (Å²) in [5, 5.41) is 3.46. The van der Waals surface area contributed by atoms with Gasteiger partial charge in [0.25, 0.3) is 0 Å². The van der Waals surface area contributed by atoms with Gasteiger partial charge in [-0.2, -0.15) is 0 Å². The van der Waals surface area contributed by atoms with Gasteiger partial charge in [-0.1, -0.05) is 24.3 Å². The molecular formula is C15H15Br2NS. The Kier molecular flexibility index (Phi) is 6.44. The van der Waals surface area contributed by atoms with Gasteiger partial charge in [0.15, 0.2) is 0 Å². The van der Waals surface area contributed by atoms with Crippen molar-refractivity contribution in [1.29, 1.82) is 0 Å². The summed E-state index contributed by atoms with van der Waals surface area (Å²) < 4.78 is 2.20. The SMILES string of the molecule is Brc1ccc(CNCCSc2ccccc2)cc1Br. The van der Waals surface area contributed by atoms with Crippen molar-refractivity contribution in [1.82, 2.24) is 5.32 Å². The molecule has 0 aliphatic heterocycles. The standard InChI is InChI=1S/C15H15Br2NS/c16-14-7-6-12(10-15(14)17)11-18-8-9-19-13-4-2-1-3-5-13/h1-7,10,18H,8-9,11H2. The van der Waals surface area contributed by atoms with Crippen molar-refractivity contribution in [2.45, 2.75) is 11.4 Å². The highest BCUT2D eigenvalue weighted by atomic mass is 79.9. The minimum absolute atomic E-state index is 0.904. The molecule has 0 unspecified atom stereocenters. The molecule has 1 nitrogen and oxygen atoms in total. The molecular weight excluding hydrogens is 386 g/mol. The van der Waals surface area contributed by atoms with Crippen LogP contribution in [-0.4, -0.2) is 12.3 Å². The van der Waals surface area contributed by atoms with Crippen LogP contribution in [0.25, 0.3) is 0 Å². The zero-order valence-corrected chi connectivity index (χ0v) is 14.4. The highest BCUT2D eigenvalue weighted by Gasteiger charge is 1.98. The van der Waals surface area contributed by atoms with Crippen LogP contribution in [0.5, 0.6) is 0 Å². The number of hydrogen-bond donors (Lipinski definition) is 1. The van der Waals surface area contributed by atoms with Crippen LogP contribution < -0.4 is 5.32 Å². The van der Waals surface area contributed by atoms with Crippen LogP contribution in [0.3, 0.4) is 0 Å². The van der Waals surface area contributed by atoms with E-state index in [-0.39, 0.29) is 0 Å². The third kappa shape index (κ3) is 5.30. The van der Waals surface area contributed by atoms with Gasteiger partial charge < -0.3 is 5.32 Å². The second-order valence-corrected chi connectivity index (χ2v) is 6.96. The molecule has 1 N–H and O–H groups in total. The van der Waals surface area contributed by atoms with Crippen LogP contribution in [0.4, 0.5) is 0 Å². The van der Waals surface area contributed by atoms with Crippen molar-refractivity contribution in [3.05, 3.63) is 63.0 Å². The largest absolute Gasteiger partial charge is 0.312 e. The van der Waals surface area contributed by atoms with Crippen molar-refractivity contribution in [3.63, 3.8) is 0 Å². The molecule has 2 aromatic carbocycles. The Morgan fingerprint density at radius 2 is 1.74 bits per heavy atom. The average molecular weight is 401 g/mol. The molecule has 0 aliphatic rings. The summed E-state index contributed by atoms with van der Waals surface area (Å²) in [6, 6.07) is 16.8. The maximum atomic E-state index is 3.52. The molecule has 0 aliphatic carbocycles. The first-order valence-corrected chi connectivity index (χ1v) is 8.65. The fourth-order valence-electron chi connectivity index (χ4n) is 1.64. The van der Waals surface area contributed by atoms with Gasteiger partial charge in [0.1, 0.15) is 0 Å². The molecule has 0 aromatic heterocycles. The summed E-state index contributed by atoms with van der Waals surface area (Å²) in [5.41, 5.74) is 1.29. The van der Waals surface area contributed by atoms with E-state index in [0.29, 0.717) is 0 Å². The average Bonchev–Trinajstić information content (AvgIpc) is 2.43. The lowest BCUT2D eigenvalue weighted by molar-refractivity contribution is 0.731. The fourth-order valence-corrected chi connectivity index (χ4v) is 3.14. The Morgan fingerprint density at radius 1 is 0.947 bits per heavy atom. The molecule has 4 heteroatoms. The van der Waals surface area contributed by atoms with E-state index >= 15 is 0 Å². The lowest BCUT2D eigenvalue weighted by Crippen LogP contribution is -2.16. The third-order valence-corrected chi connectivity index (χ3v) is 5.50. The molecule has 0 radical (unpaired) electrons. The minimum atomic E-state index is 0.904.